The van der Waals surface area contributed by atoms with Crippen LogP contribution >= 0.6 is 7.82 Å². The topological polar surface area (TPSA) is 94.1 Å². The third-order valence-corrected chi connectivity index (χ3v) is 12.1. The molecule has 61 heavy (non-hydrogen) atoms. The summed E-state index contributed by atoms with van der Waals surface area (Å²) in [5, 5.41) is 0. The fraction of sp³-hybridized carbons (Fsp3) is 0.865. The first kappa shape index (κ1) is 59.7. The highest BCUT2D eigenvalue weighted by molar-refractivity contribution is 7.45. The van der Waals surface area contributed by atoms with Gasteiger partial charge < -0.3 is 27.9 Å². The molecular weight excluding hydrogens is 782 g/mol. The maximum absolute atomic E-state index is 12.7. The molecule has 0 rings (SSSR count). The number of nitrogens with zero attached hydrogens (tertiary/aromatic N) is 1. The quantitative estimate of drug-likeness (QED) is 0.0197. The van der Waals surface area contributed by atoms with Crippen LogP contribution in [0.5, 0.6) is 0 Å². The number of carbonyl (C=O) groups excluding carboxylic acids is 1. The molecule has 360 valence electrons. The van der Waals surface area contributed by atoms with Crippen molar-refractivity contribution in [2.75, 3.05) is 54.1 Å². The Morgan fingerprint density at radius 3 is 1.38 bits per heavy atom. The molecule has 0 aromatic rings. The van der Waals surface area contributed by atoms with Crippen LogP contribution in [0.4, 0.5) is 0 Å². The molecule has 0 aliphatic carbocycles. The summed E-state index contributed by atoms with van der Waals surface area (Å²) in [6, 6.07) is 0. The number of carbonyl (C=O) groups is 1. The number of esters is 1. The lowest BCUT2D eigenvalue weighted by Gasteiger charge is -2.28. The molecule has 2 atom stereocenters. The van der Waals surface area contributed by atoms with Crippen molar-refractivity contribution in [2.24, 2.45) is 0 Å². The Morgan fingerprint density at radius 1 is 0.508 bits per heavy atom. The fourth-order valence-electron chi connectivity index (χ4n) is 7.16. The van der Waals surface area contributed by atoms with Gasteiger partial charge in [0.25, 0.3) is 7.82 Å². The van der Waals surface area contributed by atoms with Crippen molar-refractivity contribution < 1.29 is 37.3 Å². The van der Waals surface area contributed by atoms with E-state index in [1.165, 1.54) is 173 Å². The molecule has 0 spiro atoms. The van der Waals surface area contributed by atoms with Crippen molar-refractivity contribution in [3.05, 3.63) is 36.5 Å². The fourth-order valence-corrected chi connectivity index (χ4v) is 7.89. The van der Waals surface area contributed by atoms with E-state index in [-0.39, 0.29) is 25.8 Å². The molecule has 0 aliphatic heterocycles. The molecule has 0 bridgehead atoms. The minimum absolute atomic E-state index is 0.0255. The minimum atomic E-state index is -4.53. The summed E-state index contributed by atoms with van der Waals surface area (Å²) in [7, 11) is 1.36. The van der Waals surface area contributed by atoms with Crippen LogP contribution in [0.25, 0.3) is 0 Å². The van der Waals surface area contributed by atoms with E-state index in [4.69, 9.17) is 18.5 Å². The Labute approximate surface area is 378 Å². The Balaban J connectivity index is 4.14. The first-order chi connectivity index (χ1) is 29.6. The van der Waals surface area contributed by atoms with E-state index >= 15 is 0 Å². The van der Waals surface area contributed by atoms with E-state index in [1.807, 2.05) is 21.1 Å². The van der Waals surface area contributed by atoms with Gasteiger partial charge in [-0.1, -0.05) is 192 Å². The number of hydrogen-bond acceptors (Lipinski definition) is 7. The van der Waals surface area contributed by atoms with Gasteiger partial charge in [0.2, 0.25) is 0 Å². The van der Waals surface area contributed by atoms with Gasteiger partial charge in [-0.15, -0.1) is 0 Å². The standard InChI is InChI=1S/C52H100NO7P/c1-6-8-10-12-14-16-18-20-22-24-26-28-30-32-34-36-38-40-42-44-47-57-49-51(50-59-61(55,56)58-48-46-53(3,4)5)60-52(54)45-43-41-39-37-35-33-31-29-27-25-23-21-19-17-15-13-11-9-7-2/h15,17,20-23,51H,6-14,16,18-19,24-50H2,1-5H3/b17-15-,22-20-,23-21-/t51-/m1/s1. The predicted octanol–water partition coefficient (Wildman–Crippen LogP) is 15.1. The molecule has 0 saturated carbocycles. The van der Waals surface area contributed by atoms with E-state index in [1.54, 1.807) is 0 Å². The molecule has 0 fully saturated rings. The zero-order valence-electron chi connectivity index (χ0n) is 40.9. The summed E-state index contributed by atoms with van der Waals surface area (Å²) in [5.41, 5.74) is 0. The largest absolute Gasteiger partial charge is 0.756 e. The van der Waals surface area contributed by atoms with Gasteiger partial charge >= 0.3 is 5.97 Å². The monoisotopic (exact) mass is 882 g/mol. The van der Waals surface area contributed by atoms with Gasteiger partial charge in [-0.3, -0.25) is 9.36 Å². The molecule has 0 aromatic heterocycles. The second kappa shape index (κ2) is 45.3. The van der Waals surface area contributed by atoms with Crippen molar-refractivity contribution in [2.45, 2.75) is 238 Å². The molecular formula is C52H100NO7P. The lowest BCUT2D eigenvalue weighted by Crippen LogP contribution is -2.37. The van der Waals surface area contributed by atoms with E-state index in [0.717, 1.165) is 38.5 Å². The van der Waals surface area contributed by atoms with Gasteiger partial charge in [-0.05, 0) is 70.6 Å². The molecule has 0 radical (unpaired) electrons. The number of allylic oxidation sites excluding steroid dienone is 6. The number of quaternary nitrogens is 1. The minimum Gasteiger partial charge on any atom is -0.756 e. The van der Waals surface area contributed by atoms with Gasteiger partial charge in [0, 0.05) is 13.0 Å². The number of ether oxygens (including phenoxy) is 2. The number of phosphoric ester groups is 1. The third-order valence-electron chi connectivity index (χ3n) is 11.2. The summed E-state index contributed by atoms with van der Waals surface area (Å²) in [6.07, 6.45) is 54.5. The van der Waals surface area contributed by atoms with Crippen molar-refractivity contribution in [1.29, 1.82) is 0 Å². The predicted molar refractivity (Wildman–Crippen MR) is 259 cm³/mol. The number of unbranched alkanes of at least 4 members (excludes halogenated alkanes) is 28. The molecule has 8 nitrogen and oxygen atoms in total. The molecule has 9 heteroatoms. The van der Waals surface area contributed by atoms with Crippen molar-refractivity contribution in [1.82, 2.24) is 0 Å². The van der Waals surface area contributed by atoms with E-state index in [2.05, 4.69) is 50.3 Å². The van der Waals surface area contributed by atoms with E-state index in [0.29, 0.717) is 24.1 Å². The van der Waals surface area contributed by atoms with Crippen molar-refractivity contribution >= 4 is 13.8 Å². The normalized spacial score (nSPS) is 13.9. The van der Waals surface area contributed by atoms with Crippen molar-refractivity contribution in [3.8, 4) is 0 Å². The van der Waals surface area contributed by atoms with Crippen molar-refractivity contribution in [3.63, 3.8) is 0 Å². The van der Waals surface area contributed by atoms with Gasteiger partial charge in [0.1, 0.15) is 19.3 Å². The first-order valence-corrected chi connectivity index (χ1v) is 27.2. The summed E-state index contributed by atoms with van der Waals surface area (Å²) in [4.78, 5) is 25.2. The summed E-state index contributed by atoms with van der Waals surface area (Å²) in [5.74, 6) is -0.337. The molecule has 1 unspecified atom stereocenters. The molecule has 0 amide bonds. The SMILES string of the molecule is CCCCC/C=C\C/C=C\CCCCCCCCCCCC(=O)O[C@H](COCCCCCCCCCCCC/C=C\CCCCCCCC)COP(=O)([O-])OCC[N+](C)(C)C. The second-order valence-electron chi connectivity index (χ2n) is 18.5. The summed E-state index contributed by atoms with van der Waals surface area (Å²) < 4.78 is 34.8. The lowest BCUT2D eigenvalue weighted by atomic mass is 10.1. The Bertz CT molecular complexity index is 1070. The average Bonchev–Trinajstić information content (AvgIpc) is 3.22. The van der Waals surface area contributed by atoms with Crippen LogP contribution in [0.2, 0.25) is 0 Å². The van der Waals surface area contributed by atoms with Gasteiger partial charge in [-0.25, -0.2) is 0 Å². The Kier molecular flexibility index (Phi) is 44.3. The van der Waals surface area contributed by atoms with Crippen LogP contribution in [-0.2, 0) is 27.9 Å². The first-order valence-electron chi connectivity index (χ1n) is 25.7. The molecule has 0 aromatic carbocycles. The van der Waals surface area contributed by atoms with E-state index < -0.39 is 13.9 Å². The molecule has 0 saturated heterocycles. The average molecular weight is 882 g/mol. The van der Waals surface area contributed by atoms with Crippen LogP contribution in [0.1, 0.15) is 232 Å². The zero-order chi connectivity index (χ0) is 44.8. The maximum Gasteiger partial charge on any atom is 0.306 e. The molecule has 0 heterocycles. The molecule has 0 aliphatic rings. The Morgan fingerprint density at radius 2 is 0.902 bits per heavy atom. The highest BCUT2D eigenvalue weighted by Gasteiger charge is 2.20. The third kappa shape index (κ3) is 49.6. The highest BCUT2D eigenvalue weighted by atomic mass is 31.2. The van der Waals surface area contributed by atoms with Crippen LogP contribution < -0.4 is 4.89 Å². The number of likely N-dealkylation sites (N-methyl/N-ethyl adjacent to an activating group) is 1. The van der Waals surface area contributed by atoms with Gasteiger partial charge in [0.15, 0.2) is 0 Å². The highest BCUT2D eigenvalue weighted by Crippen LogP contribution is 2.38. The number of rotatable bonds is 48. The van der Waals surface area contributed by atoms with Gasteiger partial charge in [0.05, 0.1) is 34.4 Å². The maximum atomic E-state index is 12.7. The van der Waals surface area contributed by atoms with Crippen LogP contribution in [0.3, 0.4) is 0 Å². The van der Waals surface area contributed by atoms with Crippen LogP contribution in [-0.4, -0.2) is 70.7 Å². The summed E-state index contributed by atoms with van der Waals surface area (Å²) >= 11 is 0. The van der Waals surface area contributed by atoms with E-state index in [9.17, 15) is 14.3 Å². The van der Waals surface area contributed by atoms with Gasteiger partial charge in [-0.2, -0.15) is 0 Å². The molecule has 0 N–H and O–H groups in total. The Hall–Kier alpha value is -1.28. The van der Waals surface area contributed by atoms with Crippen LogP contribution in [0, 0.1) is 0 Å². The number of phosphoric acid groups is 1. The summed E-state index contributed by atoms with van der Waals surface area (Å²) in [6.45, 7) is 5.41. The number of hydrogen-bond donors (Lipinski definition) is 0. The van der Waals surface area contributed by atoms with Crippen LogP contribution in [0.15, 0.2) is 36.5 Å². The smallest absolute Gasteiger partial charge is 0.306 e. The second-order valence-corrected chi connectivity index (χ2v) is 19.9. The lowest BCUT2D eigenvalue weighted by molar-refractivity contribution is -0.870. The zero-order valence-corrected chi connectivity index (χ0v) is 41.8.